The lowest BCUT2D eigenvalue weighted by Crippen LogP contribution is -2.20. The first-order valence-corrected chi connectivity index (χ1v) is 9.60. The van der Waals surface area contributed by atoms with Gasteiger partial charge in [-0.2, -0.15) is 0 Å². The van der Waals surface area contributed by atoms with Crippen LogP contribution in [-0.2, 0) is 10.0 Å². The fraction of sp³-hybridized carbons (Fsp3) is 0.0500. The Morgan fingerprint density at radius 1 is 0.815 bits per heavy atom. The van der Waals surface area contributed by atoms with Crippen LogP contribution in [0.25, 0.3) is 0 Å². The third-order valence-corrected chi connectivity index (χ3v) is 5.23. The maximum atomic E-state index is 12.8. The van der Waals surface area contributed by atoms with E-state index in [2.05, 4.69) is 10.0 Å². The van der Waals surface area contributed by atoms with E-state index in [1.54, 1.807) is 60.7 Å². The van der Waals surface area contributed by atoms with Crippen molar-refractivity contribution < 1.29 is 17.9 Å². The van der Waals surface area contributed by atoms with Gasteiger partial charge in [0, 0.05) is 11.4 Å². The second kappa shape index (κ2) is 7.92. The Labute approximate surface area is 157 Å². The Hall–Kier alpha value is -3.32. The number of para-hydroxylation sites is 1. The summed E-state index contributed by atoms with van der Waals surface area (Å²) in [6.07, 6.45) is 0. The third-order valence-electron chi connectivity index (χ3n) is 3.80. The Kier molecular flexibility index (Phi) is 5.42. The molecule has 0 fully saturated rings. The van der Waals surface area contributed by atoms with Crippen molar-refractivity contribution in [2.75, 3.05) is 17.1 Å². The van der Waals surface area contributed by atoms with Gasteiger partial charge < -0.3 is 10.1 Å². The fourth-order valence-electron chi connectivity index (χ4n) is 2.48. The summed E-state index contributed by atoms with van der Waals surface area (Å²) < 4.78 is 33.2. The highest BCUT2D eigenvalue weighted by atomic mass is 32.2. The van der Waals surface area contributed by atoms with Gasteiger partial charge in [-0.3, -0.25) is 9.52 Å². The number of ether oxygens (including phenoxy) is 1. The molecule has 2 N–H and O–H groups in total. The van der Waals surface area contributed by atoms with Crippen LogP contribution >= 0.6 is 0 Å². The molecule has 1 amide bonds. The third kappa shape index (κ3) is 4.45. The summed E-state index contributed by atoms with van der Waals surface area (Å²) in [5, 5.41) is 2.70. The van der Waals surface area contributed by atoms with Crippen LogP contribution in [-0.4, -0.2) is 21.4 Å². The van der Waals surface area contributed by atoms with E-state index < -0.39 is 15.9 Å². The maximum Gasteiger partial charge on any atom is 0.262 e. The van der Waals surface area contributed by atoms with Crippen molar-refractivity contribution in [3.8, 4) is 5.75 Å². The smallest absolute Gasteiger partial charge is 0.262 e. The Morgan fingerprint density at radius 2 is 1.44 bits per heavy atom. The Bertz CT molecular complexity index is 1030. The first-order chi connectivity index (χ1) is 13.0. The molecule has 27 heavy (non-hydrogen) atoms. The molecule has 0 aliphatic carbocycles. The highest BCUT2D eigenvalue weighted by molar-refractivity contribution is 7.92. The molecular weight excluding hydrogens is 364 g/mol. The molecule has 0 aliphatic rings. The molecule has 0 spiro atoms. The zero-order valence-corrected chi connectivity index (χ0v) is 15.4. The van der Waals surface area contributed by atoms with E-state index in [-0.39, 0.29) is 10.5 Å². The van der Waals surface area contributed by atoms with Crippen molar-refractivity contribution in [3.63, 3.8) is 0 Å². The second-order valence-corrected chi connectivity index (χ2v) is 7.30. The molecule has 0 bridgehead atoms. The van der Waals surface area contributed by atoms with E-state index in [4.69, 9.17) is 4.74 Å². The molecule has 7 heteroatoms. The lowest BCUT2D eigenvalue weighted by molar-refractivity contribution is 0.102. The molecular formula is C20H18N2O4S. The quantitative estimate of drug-likeness (QED) is 0.680. The minimum atomic E-state index is -3.95. The molecule has 3 aromatic carbocycles. The van der Waals surface area contributed by atoms with Gasteiger partial charge in [-0.05, 0) is 48.5 Å². The molecule has 0 saturated heterocycles. The van der Waals surface area contributed by atoms with Crippen molar-refractivity contribution in [2.24, 2.45) is 0 Å². The number of anilines is 2. The topological polar surface area (TPSA) is 84.5 Å². The molecule has 0 unspecified atom stereocenters. The standard InChI is InChI=1S/C20H18N2O4S/c1-26-17-13-11-16(12-14-17)22-27(24,25)19-10-6-5-9-18(19)20(23)21-15-7-3-2-4-8-15/h2-14,22H,1H3,(H,21,23). The summed E-state index contributed by atoms with van der Waals surface area (Å²) in [4.78, 5) is 12.5. The first-order valence-electron chi connectivity index (χ1n) is 8.12. The van der Waals surface area contributed by atoms with Crippen LogP contribution < -0.4 is 14.8 Å². The second-order valence-electron chi connectivity index (χ2n) is 5.65. The highest BCUT2D eigenvalue weighted by Crippen LogP contribution is 2.22. The van der Waals surface area contributed by atoms with Crippen LogP contribution in [0.5, 0.6) is 5.75 Å². The number of carbonyl (C=O) groups excluding carboxylic acids is 1. The van der Waals surface area contributed by atoms with E-state index in [1.807, 2.05) is 6.07 Å². The maximum absolute atomic E-state index is 12.8. The Balaban J connectivity index is 1.88. The van der Waals surface area contributed by atoms with E-state index in [9.17, 15) is 13.2 Å². The number of nitrogens with one attached hydrogen (secondary N) is 2. The van der Waals surface area contributed by atoms with Gasteiger partial charge in [0.2, 0.25) is 0 Å². The van der Waals surface area contributed by atoms with Gasteiger partial charge in [-0.1, -0.05) is 30.3 Å². The summed E-state index contributed by atoms with van der Waals surface area (Å²) in [5.74, 6) is 0.109. The van der Waals surface area contributed by atoms with Crippen LogP contribution in [0, 0.1) is 0 Å². The lowest BCUT2D eigenvalue weighted by atomic mass is 10.2. The first kappa shape index (κ1) is 18.5. The summed E-state index contributed by atoms with van der Waals surface area (Å²) in [7, 11) is -2.42. The van der Waals surface area contributed by atoms with Crippen LogP contribution in [0.1, 0.15) is 10.4 Å². The van der Waals surface area contributed by atoms with Gasteiger partial charge in [-0.25, -0.2) is 8.42 Å². The average Bonchev–Trinajstić information content (AvgIpc) is 2.69. The van der Waals surface area contributed by atoms with Gasteiger partial charge in [0.15, 0.2) is 0 Å². The van der Waals surface area contributed by atoms with Crippen molar-refractivity contribution in [1.29, 1.82) is 0 Å². The molecule has 138 valence electrons. The molecule has 0 atom stereocenters. The van der Waals surface area contributed by atoms with Crippen molar-refractivity contribution >= 4 is 27.3 Å². The summed E-state index contributed by atoms with van der Waals surface area (Å²) in [6, 6.07) is 21.4. The van der Waals surface area contributed by atoms with Gasteiger partial charge in [0.25, 0.3) is 15.9 Å². The van der Waals surface area contributed by atoms with Crippen LogP contribution in [0.3, 0.4) is 0 Å². The fourth-order valence-corrected chi connectivity index (χ4v) is 3.74. The van der Waals surface area contributed by atoms with Crippen LogP contribution in [0.15, 0.2) is 83.8 Å². The normalized spacial score (nSPS) is 10.9. The predicted molar refractivity (Wildman–Crippen MR) is 105 cm³/mol. The molecule has 0 radical (unpaired) electrons. The zero-order valence-electron chi connectivity index (χ0n) is 14.5. The number of carbonyl (C=O) groups is 1. The van der Waals surface area contributed by atoms with Crippen molar-refractivity contribution in [2.45, 2.75) is 4.90 Å². The average molecular weight is 382 g/mol. The number of rotatable bonds is 6. The summed E-state index contributed by atoms with van der Waals surface area (Å²) >= 11 is 0. The monoisotopic (exact) mass is 382 g/mol. The predicted octanol–water partition coefficient (Wildman–Crippen LogP) is 3.75. The number of amides is 1. The van der Waals surface area contributed by atoms with Crippen LogP contribution in [0.2, 0.25) is 0 Å². The van der Waals surface area contributed by atoms with E-state index in [1.165, 1.54) is 19.2 Å². The van der Waals surface area contributed by atoms with Gasteiger partial charge >= 0.3 is 0 Å². The SMILES string of the molecule is COc1ccc(NS(=O)(=O)c2ccccc2C(=O)Nc2ccccc2)cc1. The van der Waals surface area contributed by atoms with Crippen molar-refractivity contribution in [1.82, 2.24) is 0 Å². The molecule has 6 nitrogen and oxygen atoms in total. The number of sulfonamides is 1. The van der Waals surface area contributed by atoms with E-state index in [0.717, 1.165) is 0 Å². The zero-order chi connectivity index (χ0) is 19.3. The van der Waals surface area contributed by atoms with Gasteiger partial charge in [0.05, 0.1) is 12.7 Å². The largest absolute Gasteiger partial charge is 0.497 e. The number of benzene rings is 3. The van der Waals surface area contributed by atoms with E-state index >= 15 is 0 Å². The number of hydrogen-bond donors (Lipinski definition) is 2. The number of hydrogen-bond acceptors (Lipinski definition) is 4. The Morgan fingerprint density at radius 3 is 2.11 bits per heavy atom. The molecule has 3 aromatic rings. The summed E-state index contributed by atoms with van der Waals surface area (Å²) in [5.41, 5.74) is 1.01. The minimum absolute atomic E-state index is 0.0577. The van der Waals surface area contributed by atoms with E-state index in [0.29, 0.717) is 17.1 Å². The van der Waals surface area contributed by atoms with Crippen LogP contribution in [0.4, 0.5) is 11.4 Å². The lowest BCUT2D eigenvalue weighted by Gasteiger charge is -2.13. The molecule has 0 aliphatic heterocycles. The molecule has 0 aromatic heterocycles. The van der Waals surface area contributed by atoms with Gasteiger partial charge in [-0.15, -0.1) is 0 Å². The number of methoxy groups -OCH3 is 1. The molecule has 3 rings (SSSR count). The van der Waals surface area contributed by atoms with Gasteiger partial charge in [0.1, 0.15) is 10.6 Å². The summed E-state index contributed by atoms with van der Waals surface area (Å²) in [6.45, 7) is 0. The minimum Gasteiger partial charge on any atom is -0.497 e. The molecule has 0 saturated carbocycles. The highest BCUT2D eigenvalue weighted by Gasteiger charge is 2.22. The molecule has 0 heterocycles. The van der Waals surface area contributed by atoms with Crippen molar-refractivity contribution in [3.05, 3.63) is 84.4 Å².